The number of rotatable bonds is 10. The van der Waals surface area contributed by atoms with Crippen LogP contribution in [0.15, 0.2) is 29.6 Å². The zero-order valence-electron chi connectivity index (χ0n) is 13.2. The lowest BCUT2D eigenvalue weighted by atomic mass is 10.0. The first-order valence-electron chi connectivity index (χ1n) is 8.15. The Morgan fingerprint density at radius 3 is 2.62 bits per heavy atom. The molecule has 3 heteroatoms. The minimum Gasteiger partial charge on any atom is -0.314 e. The van der Waals surface area contributed by atoms with E-state index in [4.69, 9.17) is 0 Å². The van der Waals surface area contributed by atoms with Crippen molar-refractivity contribution in [1.82, 2.24) is 5.32 Å². The highest BCUT2D eigenvalue weighted by Gasteiger charge is 2.10. The third-order valence-corrected chi connectivity index (χ3v) is 5.94. The lowest BCUT2D eigenvalue weighted by Gasteiger charge is -2.17. The van der Waals surface area contributed by atoms with E-state index in [1.165, 1.54) is 46.7 Å². The molecular formula is C18H27NS2. The molecule has 2 aromatic rings. The third-order valence-electron chi connectivity index (χ3n) is 3.75. The molecule has 0 aliphatic rings. The molecule has 116 valence electrons. The predicted octanol–water partition coefficient (Wildman–Crippen LogP) is 5.31. The van der Waals surface area contributed by atoms with Gasteiger partial charge >= 0.3 is 0 Å². The molecule has 0 aliphatic heterocycles. The predicted molar refractivity (Wildman–Crippen MR) is 96.7 cm³/mol. The number of aryl methyl sites for hydroxylation is 2. The van der Waals surface area contributed by atoms with Crippen LogP contribution in [0.5, 0.6) is 0 Å². The molecule has 0 saturated heterocycles. The van der Waals surface area contributed by atoms with Crippen LogP contribution in [0.1, 0.15) is 47.7 Å². The molecule has 0 aliphatic carbocycles. The van der Waals surface area contributed by atoms with Gasteiger partial charge < -0.3 is 5.32 Å². The standard InChI is InChI=1S/C18H27NS2/c1-3-12-19-15(7-5-8-17-9-6-13-20-17)14-18-11-10-16(4-2)21-18/h6,9-11,13,15,19H,3-5,7-8,12,14H2,1-2H3. The average Bonchev–Trinajstić information content (AvgIpc) is 3.15. The Morgan fingerprint density at radius 2 is 1.95 bits per heavy atom. The van der Waals surface area contributed by atoms with Gasteiger partial charge in [-0.2, -0.15) is 0 Å². The Bertz CT molecular complexity index is 487. The van der Waals surface area contributed by atoms with Crippen LogP contribution < -0.4 is 5.32 Å². The van der Waals surface area contributed by atoms with E-state index in [2.05, 4.69) is 48.8 Å². The van der Waals surface area contributed by atoms with Gasteiger partial charge in [-0.1, -0.05) is 19.9 Å². The second-order valence-electron chi connectivity index (χ2n) is 5.55. The molecule has 1 nitrogen and oxygen atoms in total. The summed E-state index contributed by atoms with van der Waals surface area (Å²) < 4.78 is 0. The number of nitrogens with one attached hydrogen (secondary N) is 1. The Hall–Kier alpha value is -0.640. The third kappa shape index (κ3) is 5.93. The molecule has 2 heterocycles. The number of hydrogen-bond donors (Lipinski definition) is 1. The number of hydrogen-bond acceptors (Lipinski definition) is 3. The second-order valence-corrected chi connectivity index (χ2v) is 7.83. The summed E-state index contributed by atoms with van der Waals surface area (Å²) in [6.07, 6.45) is 7.36. The van der Waals surface area contributed by atoms with Gasteiger partial charge in [0.25, 0.3) is 0 Å². The molecule has 1 atom stereocenters. The molecule has 0 bridgehead atoms. The molecule has 0 saturated carbocycles. The summed E-state index contributed by atoms with van der Waals surface area (Å²) in [6, 6.07) is 9.66. The first-order chi connectivity index (χ1) is 10.3. The highest BCUT2D eigenvalue weighted by molar-refractivity contribution is 7.12. The Balaban J connectivity index is 1.81. The average molecular weight is 322 g/mol. The fourth-order valence-corrected chi connectivity index (χ4v) is 4.36. The van der Waals surface area contributed by atoms with Crippen LogP contribution >= 0.6 is 22.7 Å². The molecule has 2 rings (SSSR count). The summed E-state index contributed by atoms with van der Waals surface area (Å²) in [7, 11) is 0. The normalized spacial score (nSPS) is 12.7. The zero-order valence-corrected chi connectivity index (χ0v) is 14.9. The van der Waals surface area contributed by atoms with Gasteiger partial charge in [0, 0.05) is 20.7 Å². The summed E-state index contributed by atoms with van der Waals surface area (Å²) in [5.74, 6) is 0. The van der Waals surface area contributed by atoms with E-state index in [0.717, 1.165) is 13.0 Å². The van der Waals surface area contributed by atoms with Crippen LogP contribution in [0.2, 0.25) is 0 Å². The summed E-state index contributed by atoms with van der Waals surface area (Å²) in [6.45, 7) is 5.62. The molecule has 0 spiro atoms. The van der Waals surface area contributed by atoms with Gasteiger partial charge in [0.1, 0.15) is 0 Å². The van der Waals surface area contributed by atoms with Crippen LogP contribution in [0.25, 0.3) is 0 Å². The van der Waals surface area contributed by atoms with E-state index in [0.29, 0.717) is 6.04 Å². The van der Waals surface area contributed by atoms with Crippen LogP contribution in [0.3, 0.4) is 0 Å². The highest BCUT2D eigenvalue weighted by Crippen LogP contribution is 2.20. The fraction of sp³-hybridized carbons (Fsp3) is 0.556. The molecule has 0 amide bonds. The molecule has 1 N–H and O–H groups in total. The largest absolute Gasteiger partial charge is 0.314 e. The van der Waals surface area contributed by atoms with Crippen molar-refractivity contribution >= 4 is 22.7 Å². The minimum absolute atomic E-state index is 0.633. The second kappa shape index (κ2) is 9.39. The Kier molecular flexibility index (Phi) is 7.48. The maximum Gasteiger partial charge on any atom is 0.0115 e. The van der Waals surface area contributed by atoms with E-state index in [-0.39, 0.29) is 0 Å². The van der Waals surface area contributed by atoms with E-state index in [1.807, 2.05) is 22.7 Å². The molecule has 0 fully saturated rings. The molecule has 0 radical (unpaired) electrons. The van der Waals surface area contributed by atoms with Gasteiger partial charge in [-0.25, -0.2) is 0 Å². The van der Waals surface area contributed by atoms with E-state index in [1.54, 1.807) is 0 Å². The van der Waals surface area contributed by atoms with Gasteiger partial charge in [-0.05, 0) is 68.6 Å². The smallest absolute Gasteiger partial charge is 0.0115 e. The van der Waals surface area contributed by atoms with Crippen molar-refractivity contribution in [2.45, 2.75) is 58.4 Å². The summed E-state index contributed by atoms with van der Waals surface area (Å²) >= 11 is 3.87. The van der Waals surface area contributed by atoms with Crippen molar-refractivity contribution in [2.24, 2.45) is 0 Å². The van der Waals surface area contributed by atoms with Gasteiger partial charge in [-0.15, -0.1) is 22.7 Å². The van der Waals surface area contributed by atoms with Crippen molar-refractivity contribution in [2.75, 3.05) is 6.54 Å². The van der Waals surface area contributed by atoms with Crippen LogP contribution in [-0.2, 0) is 19.3 Å². The topological polar surface area (TPSA) is 12.0 Å². The molecule has 2 aromatic heterocycles. The van der Waals surface area contributed by atoms with Crippen molar-refractivity contribution in [1.29, 1.82) is 0 Å². The Morgan fingerprint density at radius 1 is 1.10 bits per heavy atom. The van der Waals surface area contributed by atoms with Crippen LogP contribution in [-0.4, -0.2) is 12.6 Å². The van der Waals surface area contributed by atoms with Gasteiger partial charge in [0.2, 0.25) is 0 Å². The number of thiophene rings is 2. The van der Waals surface area contributed by atoms with Gasteiger partial charge in [0.05, 0.1) is 0 Å². The van der Waals surface area contributed by atoms with Crippen molar-refractivity contribution in [3.05, 3.63) is 44.3 Å². The molecular weight excluding hydrogens is 294 g/mol. The summed E-state index contributed by atoms with van der Waals surface area (Å²) in [5.41, 5.74) is 0. The van der Waals surface area contributed by atoms with Crippen LogP contribution in [0.4, 0.5) is 0 Å². The lowest BCUT2D eigenvalue weighted by Crippen LogP contribution is -2.31. The van der Waals surface area contributed by atoms with Crippen molar-refractivity contribution in [3.63, 3.8) is 0 Å². The van der Waals surface area contributed by atoms with E-state index in [9.17, 15) is 0 Å². The first-order valence-corrected chi connectivity index (χ1v) is 9.84. The zero-order chi connectivity index (χ0) is 14.9. The maximum absolute atomic E-state index is 3.74. The van der Waals surface area contributed by atoms with Gasteiger partial charge in [0.15, 0.2) is 0 Å². The SMILES string of the molecule is CCCNC(CCCc1cccs1)Cc1ccc(CC)s1. The summed E-state index contributed by atoms with van der Waals surface area (Å²) in [5, 5.41) is 5.92. The van der Waals surface area contributed by atoms with Crippen molar-refractivity contribution in [3.8, 4) is 0 Å². The molecule has 0 aromatic carbocycles. The Labute approximate surface area is 137 Å². The maximum atomic E-state index is 3.74. The molecule has 21 heavy (non-hydrogen) atoms. The quantitative estimate of drug-likeness (QED) is 0.625. The van der Waals surface area contributed by atoms with Crippen molar-refractivity contribution < 1.29 is 0 Å². The monoisotopic (exact) mass is 321 g/mol. The van der Waals surface area contributed by atoms with E-state index < -0.39 is 0 Å². The van der Waals surface area contributed by atoms with Gasteiger partial charge in [-0.3, -0.25) is 0 Å². The molecule has 1 unspecified atom stereocenters. The first kappa shape index (κ1) is 16.7. The van der Waals surface area contributed by atoms with Crippen LogP contribution in [0, 0.1) is 0 Å². The minimum atomic E-state index is 0.633. The fourth-order valence-electron chi connectivity index (χ4n) is 2.57. The van der Waals surface area contributed by atoms with E-state index >= 15 is 0 Å². The summed E-state index contributed by atoms with van der Waals surface area (Å²) in [4.78, 5) is 4.57. The lowest BCUT2D eigenvalue weighted by molar-refractivity contribution is 0.467. The highest BCUT2D eigenvalue weighted by atomic mass is 32.1.